The first kappa shape index (κ1) is 19.2. The molecule has 144 valence electrons. The maximum atomic E-state index is 12.8. The Bertz CT molecular complexity index is 647. The van der Waals surface area contributed by atoms with Gasteiger partial charge in [-0.1, -0.05) is 26.8 Å². The average molecular weight is 360 g/mol. The smallest absolute Gasteiger partial charge is 0.255 e. The first-order valence-corrected chi connectivity index (χ1v) is 9.84. The Morgan fingerprint density at radius 2 is 1.85 bits per heavy atom. The van der Waals surface area contributed by atoms with E-state index in [9.17, 15) is 15.0 Å². The monoisotopic (exact) mass is 360 g/mol. The predicted molar refractivity (Wildman–Crippen MR) is 103 cm³/mol. The number of aliphatic hydroxyl groups is 1. The summed E-state index contributed by atoms with van der Waals surface area (Å²) < 4.78 is 0. The highest BCUT2D eigenvalue weighted by molar-refractivity contribution is 5.97. The Morgan fingerprint density at radius 3 is 2.50 bits per heavy atom. The van der Waals surface area contributed by atoms with Gasteiger partial charge in [0.2, 0.25) is 0 Å². The van der Waals surface area contributed by atoms with Crippen molar-refractivity contribution in [2.45, 2.75) is 76.5 Å². The molecular weight excluding hydrogens is 328 g/mol. The van der Waals surface area contributed by atoms with Crippen LogP contribution in [0.2, 0.25) is 0 Å². The molecule has 5 heteroatoms. The molecule has 2 aliphatic rings. The molecule has 1 heterocycles. The van der Waals surface area contributed by atoms with Crippen molar-refractivity contribution < 1.29 is 15.0 Å². The van der Waals surface area contributed by atoms with Gasteiger partial charge in [0.25, 0.3) is 5.91 Å². The van der Waals surface area contributed by atoms with Crippen LogP contribution in [-0.2, 0) is 5.41 Å². The normalized spacial score (nSPS) is 27.5. The number of rotatable bonds is 3. The number of hydrogen-bond donors (Lipinski definition) is 3. The largest absolute Gasteiger partial charge is 0.507 e. The number of phenols is 1. The molecule has 1 aromatic carbocycles. The molecule has 1 aliphatic heterocycles. The lowest BCUT2D eigenvalue weighted by Crippen LogP contribution is -2.56. The fourth-order valence-corrected chi connectivity index (χ4v) is 4.22. The zero-order chi connectivity index (χ0) is 18.9. The van der Waals surface area contributed by atoms with Crippen molar-refractivity contribution in [3.05, 3.63) is 29.3 Å². The van der Waals surface area contributed by atoms with Crippen molar-refractivity contribution in [3.63, 3.8) is 0 Å². The third-order valence-electron chi connectivity index (χ3n) is 5.85. The Hall–Kier alpha value is -1.59. The maximum absolute atomic E-state index is 12.8. The lowest BCUT2D eigenvalue weighted by Gasteiger charge is -2.40. The number of phenolic OH excluding ortho intramolecular Hbond substituents is 1. The highest BCUT2D eigenvalue weighted by atomic mass is 16.3. The van der Waals surface area contributed by atoms with E-state index < -0.39 is 6.10 Å². The molecule has 0 spiro atoms. The summed E-state index contributed by atoms with van der Waals surface area (Å²) in [5, 5.41) is 24.0. The van der Waals surface area contributed by atoms with Gasteiger partial charge in [0.05, 0.1) is 17.7 Å². The van der Waals surface area contributed by atoms with Crippen LogP contribution < -0.4 is 5.32 Å². The SMILES string of the molecule is CC(C)(C)c1ccc(O)c(C(=O)N[C@@H]2CCC[C@@H](N3CCCC3)[C@@H]2O)c1. The fraction of sp³-hybridized carbons (Fsp3) is 0.667. The number of benzene rings is 1. The second-order valence-corrected chi connectivity index (χ2v) is 8.79. The zero-order valence-electron chi connectivity index (χ0n) is 16.2. The molecule has 26 heavy (non-hydrogen) atoms. The van der Waals surface area contributed by atoms with Crippen molar-refractivity contribution in [1.82, 2.24) is 10.2 Å². The Morgan fingerprint density at radius 1 is 1.15 bits per heavy atom. The summed E-state index contributed by atoms with van der Waals surface area (Å²) in [7, 11) is 0. The molecule has 3 rings (SSSR count). The minimum absolute atomic E-state index is 0.0168. The lowest BCUT2D eigenvalue weighted by molar-refractivity contribution is 0.00700. The summed E-state index contributed by atoms with van der Waals surface area (Å²) in [5.74, 6) is -0.323. The van der Waals surface area contributed by atoms with Gasteiger partial charge in [0.15, 0.2) is 0 Å². The minimum Gasteiger partial charge on any atom is -0.507 e. The van der Waals surface area contributed by atoms with E-state index in [1.165, 1.54) is 12.8 Å². The summed E-state index contributed by atoms with van der Waals surface area (Å²) in [4.78, 5) is 15.2. The van der Waals surface area contributed by atoms with Crippen LogP contribution in [0, 0.1) is 0 Å². The average Bonchev–Trinajstić information content (AvgIpc) is 3.10. The van der Waals surface area contributed by atoms with Crippen LogP contribution in [0.3, 0.4) is 0 Å². The fourth-order valence-electron chi connectivity index (χ4n) is 4.22. The van der Waals surface area contributed by atoms with Crippen LogP contribution in [0.4, 0.5) is 0 Å². The highest BCUT2D eigenvalue weighted by Gasteiger charge is 2.37. The molecular formula is C21H32N2O3. The van der Waals surface area contributed by atoms with Crippen LogP contribution in [0.15, 0.2) is 18.2 Å². The van der Waals surface area contributed by atoms with Gasteiger partial charge in [-0.05, 0) is 68.3 Å². The van der Waals surface area contributed by atoms with E-state index >= 15 is 0 Å². The third-order valence-corrected chi connectivity index (χ3v) is 5.85. The standard InChI is InChI=1S/C21H32N2O3/c1-21(2,3)14-9-10-18(24)15(13-14)20(26)22-16-7-6-8-17(19(16)25)23-11-4-5-12-23/h9-10,13,16-17,19,24-25H,4-8,11-12H2,1-3H3,(H,22,26)/t16-,17-,19-/m1/s1. The van der Waals surface area contributed by atoms with Gasteiger partial charge in [-0.3, -0.25) is 9.69 Å². The molecule has 1 saturated carbocycles. The summed E-state index contributed by atoms with van der Waals surface area (Å²) in [5.41, 5.74) is 1.18. The van der Waals surface area contributed by atoms with E-state index in [2.05, 4.69) is 31.0 Å². The van der Waals surface area contributed by atoms with Crippen LogP contribution in [0.25, 0.3) is 0 Å². The van der Waals surface area contributed by atoms with Gasteiger partial charge in [-0.2, -0.15) is 0 Å². The number of aromatic hydroxyl groups is 1. The summed E-state index contributed by atoms with van der Waals surface area (Å²) >= 11 is 0. The Labute approximate surface area is 156 Å². The number of aliphatic hydroxyl groups excluding tert-OH is 1. The predicted octanol–water partition coefficient (Wildman–Crippen LogP) is 2.80. The summed E-state index contributed by atoms with van der Waals surface area (Å²) in [6.07, 6.45) is 4.58. The second kappa shape index (κ2) is 7.57. The van der Waals surface area contributed by atoms with Crippen LogP contribution >= 0.6 is 0 Å². The van der Waals surface area contributed by atoms with Crippen molar-refractivity contribution in [1.29, 1.82) is 0 Å². The van der Waals surface area contributed by atoms with E-state index in [1.807, 2.05) is 6.07 Å². The van der Waals surface area contributed by atoms with Crippen LogP contribution in [0.1, 0.15) is 68.8 Å². The van der Waals surface area contributed by atoms with E-state index in [1.54, 1.807) is 12.1 Å². The number of carbonyl (C=O) groups is 1. The molecule has 3 atom stereocenters. The Balaban J connectivity index is 1.73. The number of amides is 1. The molecule has 0 aromatic heterocycles. The molecule has 1 aromatic rings. The van der Waals surface area contributed by atoms with E-state index in [0.717, 1.165) is 37.9 Å². The first-order chi connectivity index (χ1) is 12.3. The highest BCUT2D eigenvalue weighted by Crippen LogP contribution is 2.29. The van der Waals surface area contributed by atoms with Gasteiger partial charge < -0.3 is 15.5 Å². The zero-order valence-corrected chi connectivity index (χ0v) is 16.2. The molecule has 2 fully saturated rings. The molecule has 5 nitrogen and oxygen atoms in total. The molecule has 0 unspecified atom stereocenters. The molecule has 0 radical (unpaired) electrons. The second-order valence-electron chi connectivity index (χ2n) is 8.79. The van der Waals surface area contributed by atoms with Crippen molar-refractivity contribution in [2.75, 3.05) is 13.1 Å². The third kappa shape index (κ3) is 4.04. The van der Waals surface area contributed by atoms with Crippen molar-refractivity contribution in [3.8, 4) is 5.75 Å². The Kier molecular flexibility index (Phi) is 5.58. The number of nitrogens with one attached hydrogen (secondary N) is 1. The minimum atomic E-state index is -0.557. The van der Waals surface area contributed by atoms with Gasteiger partial charge in [-0.25, -0.2) is 0 Å². The number of carbonyl (C=O) groups excluding carboxylic acids is 1. The lowest BCUT2D eigenvalue weighted by atomic mass is 9.85. The van der Waals surface area contributed by atoms with Gasteiger partial charge in [0, 0.05) is 6.04 Å². The topological polar surface area (TPSA) is 72.8 Å². The van der Waals surface area contributed by atoms with E-state index in [0.29, 0.717) is 0 Å². The molecule has 1 saturated heterocycles. The summed E-state index contributed by atoms with van der Waals surface area (Å²) in [6.45, 7) is 8.30. The van der Waals surface area contributed by atoms with Gasteiger partial charge >= 0.3 is 0 Å². The number of hydrogen-bond acceptors (Lipinski definition) is 4. The quantitative estimate of drug-likeness (QED) is 0.775. The van der Waals surface area contributed by atoms with E-state index in [4.69, 9.17) is 0 Å². The molecule has 3 N–H and O–H groups in total. The molecule has 0 bridgehead atoms. The molecule has 1 amide bonds. The first-order valence-electron chi connectivity index (χ1n) is 9.84. The number of likely N-dealkylation sites (tertiary alicyclic amines) is 1. The summed E-state index contributed by atoms with van der Waals surface area (Å²) in [6, 6.07) is 5.06. The van der Waals surface area contributed by atoms with E-state index in [-0.39, 0.29) is 34.7 Å². The van der Waals surface area contributed by atoms with Crippen molar-refractivity contribution >= 4 is 5.91 Å². The maximum Gasteiger partial charge on any atom is 0.255 e. The van der Waals surface area contributed by atoms with Gasteiger partial charge in [-0.15, -0.1) is 0 Å². The van der Waals surface area contributed by atoms with Crippen LogP contribution in [0.5, 0.6) is 5.75 Å². The molecule has 1 aliphatic carbocycles. The number of nitrogens with zero attached hydrogens (tertiary/aromatic N) is 1. The van der Waals surface area contributed by atoms with Crippen LogP contribution in [-0.4, -0.2) is 52.3 Å². The van der Waals surface area contributed by atoms with Crippen molar-refractivity contribution in [2.24, 2.45) is 0 Å². The van der Waals surface area contributed by atoms with Gasteiger partial charge in [0.1, 0.15) is 5.75 Å².